The molecule has 2 aromatic rings. The van der Waals surface area contributed by atoms with Crippen molar-refractivity contribution < 1.29 is 10.2 Å². The predicted molar refractivity (Wildman–Crippen MR) is 66.2 cm³/mol. The van der Waals surface area contributed by atoms with Gasteiger partial charge in [0.25, 0.3) is 5.56 Å². The first-order valence-electron chi connectivity index (χ1n) is 5.11. The molecule has 0 aliphatic heterocycles. The van der Waals surface area contributed by atoms with Gasteiger partial charge in [-0.15, -0.1) is 0 Å². The molecule has 0 aliphatic rings. The van der Waals surface area contributed by atoms with Crippen molar-refractivity contribution in [2.75, 3.05) is 12.4 Å². The third-order valence-electron chi connectivity index (χ3n) is 2.21. The van der Waals surface area contributed by atoms with Crippen LogP contribution in [-0.4, -0.2) is 38.6 Å². The third-order valence-corrected chi connectivity index (χ3v) is 3.23. The van der Waals surface area contributed by atoms with Gasteiger partial charge in [0.05, 0.1) is 23.6 Å². The molecule has 1 heterocycles. The summed E-state index contributed by atoms with van der Waals surface area (Å²) in [5.41, 5.74) is 0.425. The third kappa shape index (κ3) is 2.85. The molecule has 0 saturated carbocycles. The maximum atomic E-state index is 11.7. The van der Waals surface area contributed by atoms with Gasteiger partial charge in [0, 0.05) is 5.75 Å². The summed E-state index contributed by atoms with van der Waals surface area (Å²) in [7, 11) is 0. The molecule has 1 unspecified atom stereocenters. The van der Waals surface area contributed by atoms with Crippen LogP contribution in [0, 0.1) is 0 Å². The Balaban J connectivity index is 2.28. The van der Waals surface area contributed by atoms with Gasteiger partial charge in [-0.1, -0.05) is 23.9 Å². The van der Waals surface area contributed by atoms with E-state index in [1.54, 1.807) is 18.2 Å². The minimum absolute atomic E-state index is 0.198. The molecular formula is C11H12N2O3S. The highest BCUT2D eigenvalue weighted by molar-refractivity contribution is 7.99. The van der Waals surface area contributed by atoms with Gasteiger partial charge in [0.1, 0.15) is 0 Å². The zero-order valence-electron chi connectivity index (χ0n) is 8.96. The summed E-state index contributed by atoms with van der Waals surface area (Å²) >= 11 is 1.21. The van der Waals surface area contributed by atoms with Gasteiger partial charge < -0.3 is 15.2 Å². The average Bonchev–Trinajstić information content (AvgIpc) is 2.36. The van der Waals surface area contributed by atoms with Crippen molar-refractivity contribution in [3.8, 4) is 0 Å². The maximum absolute atomic E-state index is 11.7. The standard InChI is InChI=1S/C11H12N2O3S/c14-5-7(15)6-17-11-12-9-4-2-1-3-8(9)10(16)13-11/h1-4,7,14-15H,5-6H2,(H,12,13,16). The minimum atomic E-state index is -0.809. The number of nitrogens with zero attached hydrogens (tertiary/aromatic N) is 1. The zero-order chi connectivity index (χ0) is 12.3. The summed E-state index contributed by atoms with van der Waals surface area (Å²) in [5.74, 6) is 0.289. The Morgan fingerprint density at radius 1 is 1.41 bits per heavy atom. The molecule has 0 bridgehead atoms. The number of aromatic amines is 1. The lowest BCUT2D eigenvalue weighted by Crippen LogP contribution is -2.16. The molecule has 0 fully saturated rings. The second-order valence-electron chi connectivity index (χ2n) is 3.54. The average molecular weight is 252 g/mol. The van der Waals surface area contributed by atoms with E-state index in [4.69, 9.17) is 5.11 Å². The maximum Gasteiger partial charge on any atom is 0.259 e. The Bertz CT molecular complexity index is 570. The van der Waals surface area contributed by atoms with Gasteiger partial charge in [-0.25, -0.2) is 4.98 Å². The monoisotopic (exact) mass is 252 g/mol. The van der Waals surface area contributed by atoms with Crippen LogP contribution >= 0.6 is 11.8 Å². The number of para-hydroxylation sites is 1. The number of aromatic nitrogens is 2. The molecule has 0 spiro atoms. The van der Waals surface area contributed by atoms with E-state index < -0.39 is 6.10 Å². The number of fused-ring (bicyclic) bond motifs is 1. The van der Waals surface area contributed by atoms with Crippen LogP contribution in [0.15, 0.2) is 34.2 Å². The molecule has 1 atom stereocenters. The number of H-pyrrole nitrogens is 1. The predicted octanol–water partition coefficient (Wildman–Crippen LogP) is 0.368. The minimum Gasteiger partial charge on any atom is -0.394 e. The van der Waals surface area contributed by atoms with Crippen LogP contribution in [0.25, 0.3) is 10.9 Å². The fourth-order valence-electron chi connectivity index (χ4n) is 1.36. The summed E-state index contributed by atoms with van der Waals surface area (Å²) in [6.07, 6.45) is -0.809. The van der Waals surface area contributed by atoms with Crippen LogP contribution in [0.5, 0.6) is 0 Å². The van der Waals surface area contributed by atoms with Crippen LogP contribution < -0.4 is 5.56 Å². The molecule has 17 heavy (non-hydrogen) atoms. The number of aliphatic hydroxyl groups excluding tert-OH is 2. The van der Waals surface area contributed by atoms with Gasteiger partial charge in [0.2, 0.25) is 0 Å². The molecule has 0 amide bonds. The molecule has 1 aromatic carbocycles. The van der Waals surface area contributed by atoms with Crippen LogP contribution in [0.4, 0.5) is 0 Å². The molecule has 1 aromatic heterocycles. The van der Waals surface area contributed by atoms with E-state index in [0.29, 0.717) is 16.1 Å². The topological polar surface area (TPSA) is 86.2 Å². The largest absolute Gasteiger partial charge is 0.394 e. The summed E-state index contributed by atoms with van der Waals surface area (Å²) in [6.45, 7) is -0.301. The summed E-state index contributed by atoms with van der Waals surface area (Å²) in [5, 5.41) is 18.9. The van der Waals surface area contributed by atoms with Gasteiger partial charge in [-0.3, -0.25) is 4.79 Å². The Morgan fingerprint density at radius 2 is 2.18 bits per heavy atom. The van der Waals surface area contributed by atoms with Gasteiger partial charge in [0.15, 0.2) is 5.16 Å². The molecule has 0 aliphatic carbocycles. The molecule has 0 saturated heterocycles. The van der Waals surface area contributed by atoms with Crippen molar-refractivity contribution in [1.29, 1.82) is 0 Å². The number of rotatable bonds is 4. The molecule has 6 heteroatoms. The smallest absolute Gasteiger partial charge is 0.259 e. The van der Waals surface area contributed by atoms with Crippen LogP contribution in [-0.2, 0) is 0 Å². The molecule has 5 nitrogen and oxygen atoms in total. The molecular weight excluding hydrogens is 240 g/mol. The van der Waals surface area contributed by atoms with Gasteiger partial charge in [-0.2, -0.15) is 0 Å². The van der Waals surface area contributed by atoms with E-state index in [-0.39, 0.29) is 17.9 Å². The van der Waals surface area contributed by atoms with Crippen molar-refractivity contribution in [3.05, 3.63) is 34.6 Å². The fraction of sp³-hybridized carbons (Fsp3) is 0.273. The van der Waals surface area contributed by atoms with Crippen molar-refractivity contribution in [1.82, 2.24) is 9.97 Å². The van der Waals surface area contributed by atoms with E-state index in [9.17, 15) is 9.90 Å². The Kier molecular flexibility index (Phi) is 3.78. The van der Waals surface area contributed by atoms with Crippen LogP contribution in [0.3, 0.4) is 0 Å². The quantitative estimate of drug-likeness (QED) is 0.540. The lowest BCUT2D eigenvalue weighted by Gasteiger charge is -2.06. The zero-order valence-corrected chi connectivity index (χ0v) is 9.78. The van der Waals surface area contributed by atoms with Crippen molar-refractivity contribution in [2.24, 2.45) is 0 Å². The van der Waals surface area contributed by atoms with E-state index in [1.165, 1.54) is 11.8 Å². The van der Waals surface area contributed by atoms with Gasteiger partial charge in [-0.05, 0) is 12.1 Å². The number of hydrogen-bond acceptors (Lipinski definition) is 5. The first kappa shape index (κ1) is 12.1. The number of nitrogens with one attached hydrogen (secondary N) is 1. The summed E-state index contributed by atoms with van der Waals surface area (Å²) in [6, 6.07) is 7.06. The molecule has 3 N–H and O–H groups in total. The Hall–Kier alpha value is -1.37. The van der Waals surface area contributed by atoms with Gasteiger partial charge >= 0.3 is 0 Å². The van der Waals surface area contributed by atoms with E-state index in [2.05, 4.69) is 9.97 Å². The van der Waals surface area contributed by atoms with E-state index in [0.717, 1.165) is 0 Å². The van der Waals surface area contributed by atoms with Crippen molar-refractivity contribution in [3.63, 3.8) is 0 Å². The highest BCUT2D eigenvalue weighted by Crippen LogP contribution is 2.15. The lowest BCUT2D eigenvalue weighted by molar-refractivity contribution is 0.113. The first-order chi connectivity index (χ1) is 8.20. The SMILES string of the molecule is O=c1[nH]c(SCC(O)CO)nc2ccccc12. The number of hydrogen-bond donors (Lipinski definition) is 3. The highest BCUT2D eigenvalue weighted by Gasteiger charge is 2.07. The number of benzene rings is 1. The van der Waals surface area contributed by atoms with Crippen molar-refractivity contribution in [2.45, 2.75) is 11.3 Å². The number of aliphatic hydroxyl groups is 2. The second kappa shape index (κ2) is 5.31. The molecule has 90 valence electrons. The summed E-state index contributed by atoms with van der Waals surface area (Å²) < 4.78 is 0. The van der Waals surface area contributed by atoms with Crippen molar-refractivity contribution >= 4 is 22.7 Å². The summed E-state index contributed by atoms with van der Waals surface area (Å²) in [4.78, 5) is 18.6. The first-order valence-corrected chi connectivity index (χ1v) is 6.10. The normalized spacial score (nSPS) is 12.8. The molecule has 2 rings (SSSR count). The Morgan fingerprint density at radius 3 is 2.94 bits per heavy atom. The number of thioether (sulfide) groups is 1. The Labute approximate surface area is 102 Å². The van der Waals surface area contributed by atoms with Crippen LogP contribution in [0.2, 0.25) is 0 Å². The van der Waals surface area contributed by atoms with E-state index >= 15 is 0 Å². The van der Waals surface area contributed by atoms with E-state index in [1.807, 2.05) is 6.07 Å². The molecule has 0 radical (unpaired) electrons. The second-order valence-corrected chi connectivity index (χ2v) is 4.54. The lowest BCUT2D eigenvalue weighted by atomic mass is 10.2. The fourth-order valence-corrected chi connectivity index (χ4v) is 2.14. The highest BCUT2D eigenvalue weighted by atomic mass is 32.2. The van der Waals surface area contributed by atoms with Crippen LogP contribution in [0.1, 0.15) is 0 Å².